The number of benzene rings is 1. The second-order valence-electron chi connectivity index (χ2n) is 4.99. The van der Waals surface area contributed by atoms with Crippen molar-refractivity contribution in [1.29, 1.82) is 0 Å². The summed E-state index contributed by atoms with van der Waals surface area (Å²) in [6.45, 7) is 0.978. The van der Waals surface area contributed by atoms with Crippen LogP contribution in [0.3, 0.4) is 0 Å². The molecule has 1 fully saturated rings. The van der Waals surface area contributed by atoms with Gasteiger partial charge in [-0.1, -0.05) is 18.6 Å². The minimum Gasteiger partial charge on any atom is -0.323 e. The van der Waals surface area contributed by atoms with Crippen LogP contribution in [0.25, 0.3) is 0 Å². The first-order chi connectivity index (χ1) is 9.25. The van der Waals surface area contributed by atoms with Crippen molar-refractivity contribution in [3.8, 4) is 0 Å². The van der Waals surface area contributed by atoms with E-state index in [4.69, 9.17) is 0 Å². The molecule has 100 valence electrons. The molecule has 0 radical (unpaired) electrons. The van der Waals surface area contributed by atoms with E-state index in [1.54, 1.807) is 4.90 Å². The molecule has 1 unspecified atom stereocenters. The Morgan fingerprint density at radius 3 is 2.89 bits per heavy atom. The molecule has 1 saturated heterocycles. The standard InChI is InChI=1S/C14H17N3O2/c18-13-9-17(12-7-2-1-5-10(12)16-13)14(19)11-6-3-4-8-15-11/h1-2,5,7,11,15H,3-4,6,8-9H2,(H,16,18). The fourth-order valence-corrected chi connectivity index (χ4v) is 2.68. The van der Waals surface area contributed by atoms with Gasteiger partial charge in [-0.15, -0.1) is 0 Å². The molecule has 0 spiro atoms. The van der Waals surface area contributed by atoms with Gasteiger partial charge in [0, 0.05) is 0 Å². The number of nitrogens with one attached hydrogen (secondary N) is 2. The zero-order valence-corrected chi connectivity index (χ0v) is 10.7. The van der Waals surface area contributed by atoms with Crippen molar-refractivity contribution in [2.24, 2.45) is 0 Å². The lowest BCUT2D eigenvalue weighted by atomic mass is 10.0. The molecule has 0 bridgehead atoms. The number of carbonyl (C=O) groups excluding carboxylic acids is 2. The van der Waals surface area contributed by atoms with Gasteiger partial charge < -0.3 is 10.6 Å². The van der Waals surface area contributed by atoms with Crippen LogP contribution in [0.1, 0.15) is 19.3 Å². The fourth-order valence-electron chi connectivity index (χ4n) is 2.68. The topological polar surface area (TPSA) is 61.4 Å². The van der Waals surface area contributed by atoms with Crippen molar-refractivity contribution in [3.63, 3.8) is 0 Å². The quantitative estimate of drug-likeness (QED) is 0.794. The fraction of sp³-hybridized carbons (Fsp3) is 0.429. The maximum absolute atomic E-state index is 12.5. The number of fused-ring (bicyclic) bond motifs is 1. The predicted octanol–water partition coefficient (Wildman–Crippen LogP) is 1.11. The maximum atomic E-state index is 12.5. The SMILES string of the molecule is O=C1CN(C(=O)C2CCCCN2)c2ccccc2N1. The molecule has 2 heterocycles. The monoisotopic (exact) mass is 259 g/mol. The molecule has 2 amide bonds. The molecule has 2 N–H and O–H groups in total. The van der Waals surface area contributed by atoms with Gasteiger partial charge in [0.05, 0.1) is 17.4 Å². The largest absolute Gasteiger partial charge is 0.323 e. The molecule has 2 aliphatic rings. The number of nitrogens with zero attached hydrogens (tertiary/aromatic N) is 1. The second kappa shape index (κ2) is 5.01. The third kappa shape index (κ3) is 2.33. The second-order valence-corrected chi connectivity index (χ2v) is 4.99. The van der Waals surface area contributed by atoms with Crippen molar-refractivity contribution in [1.82, 2.24) is 5.32 Å². The summed E-state index contributed by atoms with van der Waals surface area (Å²) in [5.41, 5.74) is 1.50. The van der Waals surface area contributed by atoms with Crippen molar-refractivity contribution >= 4 is 23.2 Å². The molecular weight excluding hydrogens is 242 g/mol. The van der Waals surface area contributed by atoms with E-state index in [1.807, 2.05) is 24.3 Å². The summed E-state index contributed by atoms with van der Waals surface area (Å²) in [5.74, 6) is -0.134. The van der Waals surface area contributed by atoms with Gasteiger partial charge in [0.2, 0.25) is 11.8 Å². The third-order valence-electron chi connectivity index (χ3n) is 3.65. The van der Waals surface area contributed by atoms with Gasteiger partial charge in [-0.05, 0) is 31.5 Å². The number of hydrogen-bond donors (Lipinski definition) is 2. The predicted molar refractivity (Wildman–Crippen MR) is 73.1 cm³/mol. The molecule has 1 aromatic carbocycles. The van der Waals surface area contributed by atoms with Gasteiger partial charge in [0.1, 0.15) is 6.54 Å². The van der Waals surface area contributed by atoms with Crippen LogP contribution in [0.2, 0.25) is 0 Å². The average molecular weight is 259 g/mol. The molecule has 5 nitrogen and oxygen atoms in total. The minimum absolute atomic E-state index is 0.00185. The molecule has 1 atom stereocenters. The lowest BCUT2D eigenvalue weighted by Crippen LogP contribution is -2.52. The van der Waals surface area contributed by atoms with Gasteiger partial charge in [-0.2, -0.15) is 0 Å². The summed E-state index contributed by atoms with van der Waals surface area (Å²) in [7, 11) is 0. The van der Waals surface area contributed by atoms with Crippen LogP contribution in [0.4, 0.5) is 11.4 Å². The highest BCUT2D eigenvalue weighted by Crippen LogP contribution is 2.29. The number of anilines is 2. The summed E-state index contributed by atoms with van der Waals surface area (Å²) in [6.07, 6.45) is 3.02. The highest BCUT2D eigenvalue weighted by molar-refractivity contribution is 6.11. The Morgan fingerprint density at radius 1 is 1.26 bits per heavy atom. The van der Waals surface area contributed by atoms with Crippen LogP contribution in [-0.2, 0) is 9.59 Å². The van der Waals surface area contributed by atoms with Gasteiger partial charge in [-0.3, -0.25) is 14.5 Å². The highest BCUT2D eigenvalue weighted by atomic mass is 16.2. The van der Waals surface area contributed by atoms with Gasteiger partial charge in [-0.25, -0.2) is 0 Å². The van der Waals surface area contributed by atoms with E-state index in [1.165, 1.54) is 0 Å². The molecule has 3 rings (SSSR count). The van der Waals surface area contributed by atoms with Gasteiger partial charge in [0.15, 0.2) is 0 Å². The Morgan fingerprint density at radius 2 is 2.11 bits per heavy atom. The number of rotatable bonds is 1. The van der Waals surface area contributed by atoms with Crippen LogP contribution in [0.5, 0.6) is 0 Å². The van der Waals surface area contributed by atoms with Crippen LogP contribution in [0.15, 0.2) is 24.3 Å². The Labute approximate surface area is 112 Å². The van der Waals surface area contributed by atoms with Crippen molar-refractivity contribution in [2.45, 2.75) is 25.3 Å². The van der Waals surface area contributed by atoms with Gasteiger partial charge in [0.25, 0.3) is 0 Å². The summed E-state index contributed by atoms with van der Waals surface area (Å²) in [4.78, 5) is 25.8. The molecule has 0 saturated carbocycles. The van der Waals surface area contributed by atoms with Crippen LogP contribution < -0.4 is 15.5 Å². The van der Waals surface area contributed by atoms with E-state index >= 15 is 0 Å². The first kappa shape index (κ1) is 12.2. The number of piperidine rings is 1. The van der Waals surface area contributed by atoms with Crippen LogP contribution in [-0.4, -0.2) is 30.9 Å². The number of carbonyl (C=O) groups is 2. The van der Waals surface area contributed by atoms with E-state index in [0.29, 0.717) is 5.69 Å². The van der Waals surface area contributed by atoms with Gasteiger partial charge >= 0.3 is 0 Å². The Bertz CT molecular complexity index is 509. The summed E-state index contributed by atoms with van der Waals surface area (Å²) in [5, 5.41) is 6.03. The first-order valence-electron chi connectivity index (χ1n) is 6.69. The first-order valence-corrected chi connectivity index (χ1v) is 6.69. The van der Waals surface area contributed by atoms with E-state index in [-0.39, 0.29) is 24.4 Å². The molecular formula is C14H17N3O2. The third-order valence-corrected chi connectivity index (χ3v) is 3.65. The molecule has 1 aromatic rings. The average Bonchev–Trinajstić information content (AvgIpc) is 2.46. The Hall–Kier alpha value is -1.88. The smallest absolute Gasteiger partial charge is 0.244 e. The van der Waals surface area contributed by atoms with Crippen molar-refractivity contribution in [3.05, 3.63) is 24.3 Å². The Kier molecular flexibility index (Phi) is 3.21. The van der Waals surface area contributed by atoms with Crippen LogP contribution in [0, 0.1) is 0 Å². The lowest BCUT2D eigenvalue weighted by molar-refractivity contribution is -0.123. The maximum Gasteiger partial charge on any atom is 0.244 e. The highest BCUT2D eigenvalue weighted by Gasteiger charge is 2.31. The number of hydrogen-bond acceptors (Lipinski definition) is 3. The van der Waals surface area contributed by atoms with E-state index in [2.05, 4.69) is 10.6 Å². The Balaban J connectivity index is 1.87. The summed E-state index contributed by atoms with van der Waals surface area (Å²) >= 11 is 0. The minimum atomic E-state index is -0.160. The van der Waals surface area contributed by atoms with E-state index < -0.39 is 0 Å². The number of para-hydroxylation sites is 2. The molecule has 0 aliphatic carbocycles. The molecule has 0 aromatic heterocycles. The normalized spacial score (nSPS) is 22.6. The summed E-state index contributed by atoms with van der Waals surface area (Å²) < 4.78 is 0. The molecule has 5 heteroatoms. The lowest BCUT2D eigenvalue weighted by Gasteiger charge is -2.33. The van der Waals surface area contributed by atoms with E-state index in [9.17, 15) is 9.59 Å². The zero-order valence-electron chi connectivity index (χ0n) is 10.7. The molecule has 19 heavy (non-hydrogen) atoms. The zero-order chi connectivity index (χ0) is 13.2. The number of amides is 2. The van der Waals surface area contributed by atoms with E-state index in [0.717, 1.165) is 31.5 Å². The van der Waals surface area contributed by atoms with Crippen molar-refractivity contribution in [2.75, 3.05) is 23.3 Å². The van der Waals surface area contributed by atoms with Crippen LogP contribution >= 0.6 is 0 Å². The van der Waals surface area contributed by atoms with Crippen molar-refractivity contribution < 1.29 is 9.59 Å². The molecule has 2 aliphatic heterocycles. The summed E-state index contributed by atoms with van der Waals surface area (Å²) in [6, 6.07) is 7.26.